The first-order valence-electron chi connectivity index (χ1n) is 0. The van der Waals surface area contributed by atoms with Crippen LogP contribution in [0.2, 0.25) is 0 Å². The summed E-state index contributed by atoms with van der Waals surface area (Å²) < 4.78 is 0. The van der Waals surface area contributed by atoms with E-state index in [1.165, 1.54) is 0 Å². The predicted octanol–water partition coefficient (Wildman–Crippen LogP) is -0.0100. The third-order valence-electron chi connectivity index (χ3n) is 0. The molecule has 35 valence electrons. The van der Waals surface area contributed by atoms with Crippen molar-refractivity contribution in [2.45, 2.75) is 0 Å². The van der Waals surface area contributed by atoms with E-state index >= 15 is 0 Å². The minimum Gasteiger partial charge on any atom is 0 e. The molecule has 0 atom stereocenters. The molecule has 4 heavy (non-hydrogen) atoms. The molecule has 0 fully saturated rings. The first kappa shape index (κ1) is 32.2. The van der Waals surface area contributed by atoms with Gasteiger partial charge in [0.1, 0.15) is 0 Å². The Morgan fingerprint density at radius 1 is 0.750 bits per heavy atom. The molecule has 0 saturated heterocycles. The van der Waals surface area contributed by atoms with E-state index in [2.05, 4.69) is 0 Å². The molecule has 0 amide bonds. The van der Waals surface area contributed by atoms with E-state index in [-0.39, 0.29) is 76.3 Å². The SMILES string of the molecule is [Co].[Cr].[Pt].[Pt]. The van der Waals surface area contributed by atoms with Gasteiger partial charge < -0.3 is 0 Å². The zero-order valence-corrected chi connectivity index (χ0v) is 8.23. The summed E-state index contributed by atoms with van der Waals surface area (Å²) in [6.45, 7) is 0. The average Bonchev–Trinajstić information content (AvgIpc) is 0. The molecule has 0 aliphatic carbocycles. The monoisotopic (exact) mass is 501 g/mol. The molecule has 0 saturated carbocycles. The van der Waals surface area contributed by atoms with Crippen LogP contribution in [-0.4, -0.2) is 0 Å². The van der Waals surface area contributed by atoms with Crippen LogP contribution >= 0.6 is 0 Å². The Morgan fingerprint density at radius 3 is 0.750 bits per heavy atom. The van der Waals surface area contributed by atoms with Gasteiger partial charge >= 0.3 is 0 Å². The van der Waals surface area contributed by atoms with E-state index in [9.17, 15) is 0 Å². The minimum atomic E-state index is 0. The molecule has 0 unspecified atom stereocenters. The normalized spacial score (nSPS) is 0. The fourth-order valence-corrected chi connectivity index (χ4v) is 0. The molecule has 0 aliphatic rings. The molecule has 0 aromatic rings. The Bertz CT molecular complexity index is 6.00. The molecule has 1 radical (unpaired) electrons. The van der Waals surface area contributed by atoms with Gasteiger partial charge in [-0.2, -0.15) is 0 Å². The van der Waals surface area contributed by atoms with Crippen LogP contribution in [0.3, 0.4) is 0 Å². The second-order valence-corrected chi connectivity index (χ2v) is 0. The fraction of sp³-hybridized carbons (Fsp3) is 0. The quantitative estimate of drug-likeness (QED) is 0.439. The third kappa shape index (κ3) is 8.83. The predicted molar refractivity (Wildman–Crippen MR) is 0 cm³/mol. The molecule has 0 nitrogen and oxygen atoms in total. The van der Waals surface area contributed by atoms with Gasteiger partial charge in [-0.1, -0.05) is 0 Å². The van der Waals surface area contributed by atoms with Gasteiger partial charge in [0.05, 0.1) is 0 Å². The molecule has 0 heterocycles. The summed E-state index contributed by atoms with van der Waals surface area (Å²) in [5.74, 6) is 0. The van der Waals surface area contributed by atoms with Crippen LogP contribution in [0.4, 0.5) is 0 Å². The molecule has 0 N–H and O–H groups in total. The summed E-state index contributed by atoms with van der Waals surface area (Å²) in [4.78, 5) is 0. The van der Waals surface area contributed by atoms with Crippen LogP contribution < -0.4 is 0 Å². The van der Waals surface area contributed by atoms with Crippen molar-refractivity contribution in [2.75, 3.05) is 0 Å². The Balaban J connectivity index is 0. The van der Waals surface area contributed by atoms with Gasteiger partial charge in [-0.25, -0.2) is 0 Å². The Morgan fingerprint density at radius 2 is 0.750 bits per heavy atom. The van der Waals surface area contributed by atoms with Crippen LogP contribution in [0.5, 0.6) is 0 Å². The Hall–Kier alpha value is 2.42. The summed E-state index contributed by atoms with van der Waals surface area (Å²) in [5.41, 5.74) is 0. The van der Waals surface area contributed by atoms with Crippen molar-refractivity contribution in [1.82, 2.24) is 0 Å². The van der Waals surface area contributed by atoms with Gasteiger partial charge in [-0.15, -0.1) is 0 Å². The van der Waals surface area contributed by atoms with E-state index in [4.69, 9.17) is 0 Å². The molecule has 0 spiro atoms. The van der Waals surface area contributed by atoms with Crippen molar-refractivity contribution in [3.63, 3.8) is 0 Å². The van der Waals surface area contributed by atoms with Crippen molar-refractivity contribution in [3.05, 3.63) is 0 Å². The zero-order chi connectivity index (χ0) is 0. The third-order valence-corrected chi connectivity index (χ3v) is 0. The van der Waals surface area contributed by atoms with E-state index in [1.54, 1.807) is 0 Å². The van der Waals surface area contributed by atoms with E-state index in [1.807, 2.05) is 0 Å². The van der Waals surface area contributed by atoms with Gasteiger partial charge in [0.25, 0.3) is 0 Å². The van der Waals surface area contributed by atoms with Crippen molar-refractivity contribution >= 4 is 0 Å². The van der Waals surface area contributed by atoms with Crippen molar-refractivity contribution in [3.8, 4) is 0 Å². The summed E-state index contributed by atoms with van der Waals surface area (Å²) >= 11 is 0. The molecular formula is CoCrPt2. The van der Waals surface area contributed by atoms with Crippen molar-refractivity contribution in [1.29, 1.82) is 0 Å². The van der Waals surface area contributed by atoms with E-state index < -0.39 is 0 Å². The molecule has 0 aliphatic heterocycles. The molecule has 4 heteroatoms. The molecule has 0 aromatic carbocycles. The summed E-state index contributed by atoms with van der Waals surface area (Å²) in [6, 6.07) is 0. The number of rotatable bonds is 0. The van der Waals surface area contributed by atoms with Gasteiger partial charge in [-0.05, 0) is 0 Å². The Labute approximate surface area is 75.3 Å². The second kappa shape index (κ2) is 18.1. The van der Waals surface area contributed by atoms with E-state index in [0.717, 1.165) is 0 Å². The number of hydrogen-bond donors (Lipinski definition) is 0. The summed E-state index contributed by atoms with van der Waals surface area (Å²) in [7, 11) is 0. The molecule has 0 aromatic heterocycles. The first-order valence-corrected chi connectivity index (χ1v) is 0. The van der Waals surface area contributed by atoms with Crippen molar-refractivity contribution < 1.29 is 76.3 Å². The van der Waals surface area contributed by atoms with Crippen molar-refractivity contribution in [2.24, 2.45) is 0 Å². The molecule has 0 bridgehead atoms. The zero-order valence-electron chi connectivity index (χ0n) is 1.37. The Kier molecular flexibility index (Phi) is 146. The van der Waals surface area contributed by atoms with Crippen LogP contribution in [0.15, 0.2) is 0 Å². The maximum atomic E-state index is 0. The average molecular weight is 501 g/mol. The smallest absolute Gasteiger partial charge is 0 e. The topological polar surface area (TPSA) is 0 Å². The van der Waals surface area contributed by atoms with Gasteiger partial charge in [0.2, 0.25) is 0 Å². The van der Waals surface area contributed by atoms with Crippen LogP contribution in [-0.2, 0) is 76.3 Å². The van der Waals surface area contributed by atoms with Crippen LogP contribution in [0.1, 0.15) is 0 Å². The second-order valence-electron chi connectivity index (χ2n) is 0. The van der Waals surface area contributed by atoms with Crippen LogP contribution in [0.25, 0.3) is 0 Å². The largest absolute Gasteiger partial charge is 0 e. The van der Waals surface area contributed by atoms with Gasteiger partial charge in [-0.3, -0.25) is 0 Å². The summed E-state index contributed by atoms with van der Waals surface area (Å²) in [6.07, 6.45) is 0. The van der Waals surface area contributed by atoms with E-state index in [0.29, 0.717) is 0 Å². The fourth-order valence-electron chi connectivity index (χ4n) is 0. The summed E-state index contributed by atoms with van der Waals surface area (Å²) in [5, 5.41) is 0. The maximum absolute atomic E-state index is 0. The van der Waals surface area contributed by atoms with Crippen LogP contribution in [0, 0.1) is 0 Å². The molecule has 0 rings (SSSR count). The standard InChI is InChI=1S/Co.Cr.2Pt. The minimum absolute atomic E-state index is 0. The maximum Gasteiger partial charge on any atom is 0 e. The molecular weight excluding hydrogens is 501 g/mol. The number of hydrogen-bond acceptors (Lipinski definition) is 0. The first-order chi connectivity index (χ1) is 0. The van der Waals surface area contributed by atoms with Gasteiger partial charge in [0.15, 0.2) is 0 Å². The van der Waals surface area contributed by atoms with Gasteiger partial charge in [0, 0.05) is 76.3 Å².